The quantitative estimate of drug-likeness (QED) is 0.788. The normalized spacial score (nSPS) is 19.5. The number of nitrogens with one attached hydrogen (secondary N) is 1. The van der Waals surface area contributed by atoms with E-state index in [-0.39, 0.29) is 11.9 Å². The highest BCUT2D eigenvalue weighted by Gasteiger charge is 2.42. The van der Waals surface area contributed by atoms with Crippen LogP contribution < -0.4 is 5.32 Å². The number of hydrogen-bond donors (Lipinski definition) is 1. The molecule has 0 saturated heterocycles. The van der Waals surface area contributed by atoms with E-state index in [1.54, 1.807) is 0 Å². The number of rotatable bonds is 6. The second-order valence-corrected chi connectivity index (χ2v) is 5.38. The van der Waals surface area contributed by atoms with E-state index >= 15 is 0 Å². The predicted molar refractivity (Wildman–Crippen MR) is 69.8 cm³/mol. The molecule has 1 rings (SSSR count). The van der Waals surface area contributed by atoms with E-state index in [0.717, 1.165) is 12.8 Å². The van der Waals surface area contributed by atoms with Crippen LogP contribution in [0, 0.1) is 22.7 Å². The van der Waals surface area contributed by atoms with Gasteiger partial charge in [0, 0.05) is 6.61 Å². The van der Waals surface area contributed by atoms with Crippen LogP contribution in [0.3, 0.4) is 0 Å². The Bertz CT molecular complexity index is 314. The average Bonchev–Trinajstić information content (AvgIpc) is 2.83. The molecule has 18 heavy (non-hydrogen) atoms. The molecule has 0 aliphatic heterocycles. The first-order valence-corrected chi connectivity index (χ1v) is 6.85. The number of hydrogen-bond acceptors (Lipinski definition) is 3. The van der Waals surface area contributed by atoms with Crippen molar-refractivity contribution in [2.75, 3.05) is 13.2 Å². The van der Waals surface area contributed by atoms with Crippen molar-refractivity contribution in [3.05, 3.63) is 0 Å². The van der Waals surface area contributed by atoms with E-state index in [0.29, 0.717) is 32.0 Å². The SMILES string of the molecule is CCOCC(NC(=O)C1(C#N)CCCC1)C(C)C. The molecule has 1 fully saturated rings. The van der Waals surface area contributed by atoms with Crippen molar-refractivity contribution in [3.63, 3.8) is 0 Å². The minimum Gasteiger partial charge on any atom is -0.380 e. The maximum atomic E-state index is 12.3. The van der Waals surface area contributed by atoms with Crippen molar-refractivity contribution in [1.82, 2.24) is 5.32 Å². The highest BCUT2D eigenvalue weighted by molar-refractivity contribution is 5.86. The zero-order valence-corrected chi connectivity index (χ0v) is 11.7. The lowest BCUT2D eigenvalue weighted by Gasteiger charge is -2.27. The summed E-state index contributed by atoms with van der Waals surface area (Å²) in [5.41, 5.74) is -0.792. The first-order chi connectivity index (χ1) is 8.55. The van der Waals surface area contributed by atoms with Crippen molar-refractivity contribution in [3.8, 4) is 6.07 Å². The van der Waals surface area contributed by atoms with E-state index in [9.17, 15) is 10.1 Å². The van der Waals surface area contributed by atoms with Gasteiger partial charge >= 0.3 is 0 Å². The van der Waals surface area contributed by atoms with E-state index < -0.39 is 5.41 Å². The monoisotopic (exact) mass is 252 g/mol. The lowest BCUT2D eigenvalue weighted by atomic mass is 9.86. The number of carbonyl (C=O) groups is 1. The second kappa shape index (κ2) is 6.75. The second-order valence-electron chi connectivity index (χ2n) is 5.38. The van der Waals surface area contributed by atoms with Gasteiger partial charge in [0.05, 0.1) is 18.7 Å². The highest BCUT2D eigenvalue weighted by atomic mass is 16.5. The molecule has 1 aliphatic carbocycles. The van der Waals surface area contributed by atoms with Crippen molar-refractivity contribution in [2.24, 2.45) is 11.3 Å². The molecular weight excluding hydrogens is 228 g/mol. The number of carbonyl (C=O) groups excluding carboxylic acids is 1. The van der Waals surface area contributed by atoms with E-state index in [2.05, 4.69) is 25.2 Å². The summed E-state index contributed by atoms with van der Waals surface area (Å²) in [6, 6.07) is 2.21. The molecule has 1 N–H and O–H groups in total. The predicted octanol–water partition coefficient (Wildman–Crippen LogP) is 2.25. The first-order valence-electron chi connectivity index (χ1n) is 6.85. The fourth-order valence-corrected chi connectivity index (χ4v) is 2.32. The Labute approximate surface area is 110 Å². The van der Waals surface area contributed by atoms with Gasteiger partial charge in [0.2, 0.25) is 5.91 Å². The van der Waals surface area contributed by atoms with Crippen molar-refractivity contribution in [2.45, 2.75) is 52.5 Å². The van der Waals surface area contributed by atoms with Crippen molar-refractivity contribution < 1.29 is 9.53 Å². The summed E-state index contributed by atoms with van der Waals surface area (Å²) in [5.74, 6) is 0.193. The zero-order valence-electron chi connectivity index (χ0n) is 11.7. The van der Waals surface area contributed by atoms with Gasteiger partial charge in [-0.25, -0.2) is 0 Å². The van der Waals surface area contributed by atoms with Gasteiger partial charge in [0.15, 0.2) is 0 Å². The zero-order chi connectivity index (χ0) is 13.6. The topological polar surface area (TPSA) is 62.1 Å². The molecule has 0 aromatic heterocycles. The summed E-state index contributed by atoms with van der Waals surface area (Å²) in [4.78, 5) is 12.3. The largest absolute Gasteiger partial charge is 0.380 e. The van der Waals surface area contributed by atoms with E-state index in [1.807, 2.05) is 6.92 Å². The average molecular weight is 252 g/mol. The minimum absolute atomic E-state index is 0.0109. The Morgan fingerprint density at radius 3 is 2.50 bits per heavy atom. The fraction of sp³-hybridized carbons (Fsp3) is 0.857. The third-order valence-electron chi connectivity index (χ3n) is 3.73. The summed E-state index contributed by atoms with van der Waals surface area (Å²) >= 11 is 0. The van der Waals surface area contributed by atoms with Crippen LogP contribution >= 0.6 is 0 Å². The van der Waals surface area contributed by atoms with Crippen molar-refractivity contribution in [1.29, 1.82) is 5.26 Å². The molecule has 1 amide bonds. The van der Waals surface area contributed by atoms with Crippen molar-refractivity contribution >= 4 is 5.91 Å². The number of amides is 1. The molecule has 0 heterocycles. The van der Waals surface area contributed by atoms with Gasteiger partial charge in [0.25, 0.3) is 0 Å². The molecule has 1 aliphatic rings. The molecule has 0 bridgehead atoms. The van der Waals surface area contributed by atoms with Gasteiger partial charge in [-0.05, 0) is 25.7 Å². The highest BCUT2D eigenvalue weighted by Crippen LogP contribution is 2.37. The Hall–Kier alpha value is -1.08. The first kappa shape index (κ1) is 15.0. The molecule has 1 atom stereocenters. The molecular formula is C14H24N2O2. The molecule has 4 nitrogen and oxygen atoms in total. The number of nitriles is 1. The molecule has 0 spiro atoms. The van der Waals surface area contributed by atoms with Gasteiger partial charge in [-0.2, -0.15) is 5.26 Å². The van der Waals surface area contributed by atoms with Crippen LogP contribution in [-0.4, -0.2) is 25.2 Å². The fourth-order valence-electron chi connectivity index (χ4n) is 2.32. The van der Waals surface area contributed by atoms with Crippen LogP contribution in [0.15, 0.2) is 0 Å². The lowest BCUT2D eigenvalue weighted by Crippen LogP contribution is -2.48. The summed E-state index contributed by atoms with van der Waals surface area (Å²) in [6.45, 7) is 7.20. The lowest BCUT2D eigenvalue weighted by molar-refractivity contribution is -0.129. The van der Waals surface area contributed by atoms with Crippen LogP contribution in [0.1, 0.15) is 46.5 Å². The molecule has 0 aromatic rings. The van der Waals surface area contributed by atoms with Crippen LogP contribution in [0.25, 0.3) is 0 Å². The molecule has 1 unspecified atom stereocenters. The summed E-state index contributed by atoms with van der Waals surface area (Å²) in [6.07, 6.45) is 3.32. The molecule has 1 saturated carbocycles. The molecule has 4 heteroatoms. The summed E-state index contributed by atoms with van der Waals surface area (Å²) in [7, 11) is 0. The van der Waals surface area contributed by atoms with Gasteiger partial charge in [0.1, 0.15) is 5.41 Å². The van der Waals surface area contributed by atoms with Crippen LogP contribution in [0.5, 0.6) is 0 Å². The maximum absolute atomic E-state index is 12.3. The maximum Gasteiger partial charge on any atom is 0.240 e. The van der Waals surface area contributed by atoms with Gasteiger partial charge in [-0.1, -0.05) is 26.7 Å². The molecule has 102 valence electrons. The Kier molecular flexibility index (Phi) is 5.61. The summed E-state index contributed by atoms with van der Waals surface area (Å²) in [5, 5.41) is 12.3. The van der Waals surface area contributed by atoms with Gasteiger partial charge < -0.3 is 10.1 Å². The van der Waals surface area contributed by atoms with Gasteiger partial charge in [-0.3, -0.25) is 4.79 Å². The molecule has 0 radical (unpaired) electrons. The summed E-state index contributed by atoms with van der Waals surface area (Å²) < 4.78 is 5.39. The Balaban J connectivity index is 2.63. The van der Waals surface area contributed by atoms with E-state index in [1.165, 1.54) is 0 Å². The third-order valence-corrected chi connectivity index (χ3v) is 3.73. The van der Waals surface area contributed by atoms with Crippen LogP contribution in [-0.2, 0) is 9.53 Å². The Morgan fingerprint density at radius 1 is 1.44 bits per heavy atom. The van der Waals surface area contributed by atoms with Gasteiger partial charge in [-0.15, -0.1) is 0 Å². The standard InChI is InChI=1S/C14H24N2O2/c1-4-18-9-12(11(2)3)16-13(17)14(10-15)7-5-6-8-14/h11-12H,4-9H2,1-3H3,(H,16,17). The number of ether oxygens (including phenoxy) is 1. The number of nitrogens with zero attached hydrogens (tertiary/aromatic N) is 1. The van der Waals surface area contributed by atoms with Crippen LogP contribution in [0.2, 0.25) is 0 Å². The third kappa shape index (κ3) is 3.46. The smallest absolute Gasteiger partial charge is 0.240 e. The van der Waals surface area contributed by atoms with Crippen LogP contribution in [0.4, 0.5) is 0 Å². The minimum atomic E-state index is -0.792. The van der Waals surface area contributed by atoms with E-state index in [4.69, 9.17) is 4.74 Å². The molecule has 0 aromatic carbocycles. The Morgan fingerprint density at radius 2 is 2.06 bits per heavy atom.